The molecule has 0 radical (unpaired) electrons. The van der Waals surface area contributed by atoms with Crippen LogP contribution in [-0.4, -0.2) is 18.0 Å². The summed E-state index contributed by atoms with van der Waals surface area (Å²) in [5.41, 5.74) is 0. The zero-order valence-corrected chi connectivity index (χ0v) is 17.0. The van der Waals surface area contributed by atoms with Crippen LogP contribution in [0.3, 0.4) is 0 Å². The van der Waals surface area contributed by atoms with Gasteiger partial charge in [0.05, 0.1) is 5.82 Å². The van der Waals surface area contributed by atoms with Crippen molar-refractivity contribution in [1.82, 2.24) is 4.90 Å². The second-order valence-corrected chi connectivity index (χ2v) is 10.2. The lowest BCUT2D eigenvalue weighted by atomic mass is 10.3. The van der Waals surface area contributed by atoms with Crippen molar-refractivity contribution in [3.63, 3.8) is 0 Å². The molecule has 0 bridgehead atoms. The maximum Gasteiger partial charge on any atom is 0.137 e. The summed E-state index contributed by atoms with van der Waals surface area (Å²) < 4.78 is 0. The lowest BCUT2D eigenvalue weighted by molar-refractivity contribution is -0.332. The van der Waals surface area contributed by atoms with Crippen LogP contribution in [0.2, 0.25) is 0 Å². The molecule has 0 atom stereocenters. The van der Waals surface area contributed by atoms with Gasteiger partial charge in [-0.05, 0) is 56.1 Å². The Labute approximate surface area is 163 Å². The van der Waals surface area contributed by atoms with Gasteiger partial charge in [-0.25, -0.2) is 0 Å². The fraction of sp³-hybridized carbons (Fsp3) is 0.167. The summed E-state index contributed by atoms with van der Waals surface area (Å²) in [4.78, 5) is 1.81. The van der Waals surface area contributed by atoms with Crippen LogP contribution in [0.15, 0.2) is 103 Å². The van der Waals surface area contributed by atoms with Crippen molar-refractivity contribution >= 4 is 23.2 Å². The van der Waals surface area contributed by atoms with Crippen molar-refractivity contribution in [2.24, 2.45) is 0 Å². The van der Waals surface area contributed by atoms with Gasteiger partial charge in [-0.15, -0.1) is 0 Å². The molecule has 0 heterocycles. The van der Waals surface area contributed by atoms with E-state index in [2.05, 4.69) is 72.8 Å². The summed E-state index contributed by atoms with van der Waals surface area (Å²) in [5, 5.41) is 16.8. The van der Waals surface area contributed by atoms with E-state index >= 15 is 0 Å². The van der Waals surface area contributed by atoms with Crippen LogP contribution in [0.25, 0.3) is 0 Å². The van der Waals surface area contributed by atoms with E-state index in [1.165, 1.54) is 15.9 Å². The normalized spacial score (nSPS) is 12.2. The minimum atomic E-state index is -2.22. The third-order valence-electron chi connectivity index (χ3n) is 4.92. The van der Waals surface area contributed by atoms with Gasteiger partial charge >= 0.3 is 0 Å². The molecule has 0 aliphatic rings. The Bertz CT molecular complexity index is 779. The smallest absolute Gasteiger partial charge is 0.137 e. The van der Waals surface area contributed by atoms with Crippen LogP contribution in [0.1, 0.15) is 13.8 Å². The maximum atomic E-state index is 13.2. The van der Waals surface area contributed by atoms with E-state index in [0.717, 1.165) is 0 Å². The van der Waals surface area contributed by atoms with Crippen molar-refractivity contribution < 1.29 is 5.11 Å². The predicted molar refractivity (Wildman–Crippen MR) is 116 cm³/mol. The molecule has 3 aromatic rings. The van der Waals surface area contributed by atoms with E-state index in [1.807, 2.05) is 49.8 Å². The summed E-state index contributed by atoms with van der Waals surface area (Å²) >= 11 is 0. The molecule has 0 N–H and O–H groups in total. The first-order valence-electron chi connectivity index (χ1n) is 9.24. The molecule has 27 heavy (non-hydrogen) atoms. The Balaban J connectivity index is 2.35. The van der Waals surface area contributed by atoms with Crippen molar-refractivity contribution in [2.75, 3.05) is 7.05 Å². The molecule has 0 aliphatic carbocycles. The average Bonchev–Trinajstić information content (AvgIpc) is 2.73. The molecule has 3 aromatic carbocycles. The third-order valence-corrected chi connectivity index (χ3v) is 8.86. The van der Waals surface area contributed by atoms with Gasteiger partial charge in [-0.1, -0.05) is 54.6 Å². The molecule has 0 aromatic heterocycles. The zero-order valence-electron chi connectivity index (χ0n) is 16.1. The molecule has 0 spiro atoms. The standard InChI is InChI=1S/C24H26NOP/c1-20(2)25(3)24(26)19-27(21-13-7-4-8-14-21,22-15-9-5-10-16-22)23-17-11-6-12-18-23/h4-20H,1-3H3/b24-19-. The Hall–Kier alpha value is -2.57. The van der Waals surface area contributed by atoms with E-state index < -0.39 is 7.26 Å². The summed E-state index contributed by atoms with van der Waals surface area (Å²) in [5.74, 6) is 2.04. The summed E-state index contributed by atoms with van der Waals surface area (Å²) in [6.45, 7) is 4.08. The molecule has 0 saturated carbocycles. The molecule has 0 unspecified atom stereocenters. The Morgan fingerprint density at radius 3 is 1.37 bits per heavy atom. The average molecular weight is 375 g/mol. The fourth-order valence-corrected chi connectivity index (χ4v) is 6.95. The van der Waals surface area contributed by atoms with Gasteiger partial charge in [0.2, 0.25) is 0 Å². The van der Waals surface area contributed by atoms with Gasteiger partial charge in [-0.3, -0.25) is 0 Å². The van der Waals surface area contributed by atoms with Crippen molar-refractivity contribution in [2.45, 2.75) is 19.9 Å². The zero-order chi connectivity index (χ0) is 19.3. The molecule has 0 amide bonds. The van der Waals surface area contributed by atoms with E-state index in [1.54, 1.807) is 0 Å². The Morgan fingerprint density at radius 1 is 0.741 bits per heavy atom. The van der Waals surface area contributed by atoms with Crippen LogP contribution in [0, 0.1) is 0 Å². The molecule has 0 fully saturated rings. The SMILES string of the molecule is CC(C)N(C)/C([O-])=C/[P+](c1ccccc1)(c1ccccc1)c1ccccc1. The number of rotatable bonds is 6. The number of nitrogens with zero attached hydrogens (tertiary/aromatic N) is 1. The lowest BCUT2D eigenvalue weighted by Crippen LogP contribution is -2.35. The maximum absolute atomic E-state index is 13.2. The quantitative estimate of drug-likeness (QED) is 0.487. The predicted octanol–water partition coefficient (Wildman–Crippen LogP) is 3.48. The first-order chi connectivity index (χ1) is 13.1. The topological polar surface area (TPSA) is 26.3 Å². The monoisotopic (exact) mass is 375 g/mol. The minimum Gasteiger partial charge on any atom is -0.858 e. The number of hydrogen-bond donors (Lipinski definition) is 0. The van der Waals surface area contributed by atoms with Gasteiger partial charge in [-0.2, -0.15) is 0 Å². The first-order valence-corrected chi connectivity index (χ1v) is 11.1. The van der Waals surface area contributed by atoms with Gasteiger partial charge < -0.3 is 10.0 Å². The minimum absolute atomic E-state index is 0.0647. The number of hydrogen-bond acceptors (Lipinski definition) is 2. The highest BCUT2D eigenvalue weighted by molar-refractivity contribution is 7.98. The van der Waals surface area contributed by atoms with E-state index in [-0.39, 0.29) is 11.9 Å². The highest BCUT2D eigenvalue weighted by Crippen LogP contribution is 2.57. The third kappa shape index (κ3) is 3.91. The van der Waals surface area contributed by atoms with Gasteiger partial charge in [0.15, 0.2) is 0 Å². The van der Waals surface area contributed by atoms with Crippen LogP contribution in [0.5, 0.6) is 0 Å². The lowest BCUT2D eigenvalue weighted by Gasteiger charge is -2.33. The van der Waals surface area contributed by atoms with Gasteiger partial charge in [0.1, 0.15) is 23.2 Å². The molecule has 3 heteroatoms. The second kappa shape index (κ2) is 8.41. The molecule has 0 aliphatic heterocycles. The highest BCUT2D eigenvalue weighted by Gasteiger charge is 2.43. The number of benzene rings is 3. The van der Waals surface area contributed by atoms with Crippen molar-refractivity contribution in [1.29, 1.82) is 0 Å². The van der Waals surface area contributed by atoms with E-state index in [9.17, 15) is 5.11 Å². The van der Waals surface area contributed by atoms with E-state index in [0.29, 0.717) is 0 Å². The molecule has 0 saturated heterocycles. The van der Waals surface area contributed by atoms with Gasteiger partial charge in [0.25, 0.3) is 0 Å². The Kier molecular flexibility index (Phi) is 5.98. The van der Waals surface area contributed by atoms with Gasteiger partial charge in [0, 0.05) is 13.1 Å². The van der Waals surface area contributed by atoms with E-state index in [4.69, 9.17) is 0 Å². The molecule has 2 nitrogen and oxygen atoms in total. The largest absolute Gasteiger partial charge is 0.858 e. The first kappa shape index (κ1) is 19.2. The Morgan fingerprint density at radius 2 is 1.07 bits per heavy atom. The summed E-state index contributed by atoms with van der Waals surface area (Å²) in [7, 11) is -0.345. The molecule has 138 valence electrons. The molecular formula is C24H26NOP. The summed E-state index contributed by atoms with van der Waals surface area (Å²) in [6.07, 6.45) is 0. The second-order valence-electron chi connectivity index (χ2n) is 6.90. The summed E-state index contributed by atoms with van der Waals surface area (Å²) in [6, 6.07) is 31.4. The molecule has 3 rings (SSSR count). The van der Waals surface area contributed by atoms with Crippen LogP contribution < -0.4 is 21.0 Å². The molecular weight excluding hydrogens is 349 g/mol. The highest BCUT2D eigenvalue weighted by atomic mass is 31.2. The van der Waals surface area contributed by atoms with Crippen LogP contribution in [0.4, 0.5) is 0 Å². The fourth-order valence-electron chi connectivity index (χ4n) is 3.17. The van der Waals surface area contributed by atoms with Crippen LogP contribution in [-0.2, 0) is 0 Å². The van der Waals surface area contributed by atoms with Crippen molar-refractivity contribution in [3.8, 4) is 0 Å². The van der Waals surface area contributed by atoms with Crippen molar-refractivity contribution in [3.05, 3.63) is 103 Å². The van der Waals surface area contributed by atoms with Crippen LogP contribution >= 0.6 is 7.26 Å².